The maximum Gasteiger partial charge on any atom is 0.223 e. The van der Waals surface area contributed by atoms with Crippen LogP contribution in [0.1, 0.15) is 11.8 Å². The number of halogens is 1. The molecule has 0 saturated carbocycles. The van der Waals surface area contributed by atoms with Gasteiger partial charge in [-0.25, -0.2) is 0 Å². The fraction of sp³-hybridized carbons (Fsp3) is 0.214. The van der Waals surface area contributed by atoms with Crippen LogP contribution < -0.4 is 10.2 Å². The number of rotatable bonds is 4. The molecule has 1 amide bonds. The number of thiophene rings is 1. The maximum atomic E-state index is 11.3. The van der Waals surface area contributed by atoms with Crippen LogP contribution >= 0.6 is 27.3 Å². The Morgan fingerprint density at radius 3 is 2.53 bits per heavy atom. The average molecular weight is 339 g/mol. The van der Waals surface area contributed by atoms with Crippen molar-refractivity contribution in [2.75, 3.05) is 17.3 Å². The molecule has 0 fully saturated rings. The normalized spacial score (nSPS) is 10.3. The zero-order valence-corrected chi connectivity index (χ0v) is 13.2. The first-order valence-electron chi connectivity index (χ1n) is 5.88. The van der Waals surface area contributed by atoms with Crippen molar-refractivity contribution in [3.05, 3.63) is 45.1 Å². The number of nitrogens with one attached hydrogen (secondary N) is 1. The Kier molecular flexibility index (Phi) is 4.61. The molecule has 5 heteroatoms. The Balaban J connectivity index is 1.99. The number of hydrogen-bond donors (Lipinski definition) is 1. The van der Waals surface area contributed by atoms with Gasteiger partial charge in [0.2, 0.25) is 5.91 Å². The van der Waals surface area contributed by atoms with Crippen LogP contribution in [0.5, 0.6) is 0 Å². The minimum Gasteiger partial charge on any atom is -0.380 e. The molecular formula is C14H15BrN2OS. The molecule has 0 atom stereocenters. The topological polar surface area (TPSA) is 32.3 Å². The number of amides is 1. The molecule has 0 spiro atoms. The van der Waals surface area contributed by atoms with Crippen LogP contribution in [-0.4, -0.2) is 13.0 Å². The lowest BCUT2D eigenvalue weighted by Crippen LogP contribution is -2.22. The number of benzene rings is 1. The lowest BCUT2D eigenvalue weighted by atomic mass is 10.2. The molecule has 0 saturated heterocycles. The van der Waals surface area contributed by atoms with Crippen molar-refractivity contribution < 1.29 is 4.79 Å². The number of carbonyl (C=O) groups excluding carboxylic acids is 1. The van der Waals surface area contributed by atoms with E-state index in [1.807, 2.05) is 30.3 Å². The highest BCUT2D eigenvalue weighted by molar-refractivity contribution is 9.10. The minimum absolute atomic E-state index is 0.0308. The Bertz CT molecular complexity index is 565. The molecule has 1 heterocycles. The molecule has 19 heavy (non-hydrogen) atoms. The predicted octanol–water partition coefficient (Wildman–Crippen LogP) is 4.11. The Hall–Kier alpha value is -1.33. The Morgan fingerprint density at radius 1 is 1.32 bits per heavy atom. The van der Waals surface area contributed by atoms with Crippen molar-refractivity contribution in [1.82, 2.24) is 0 Å². The number of nitrogens with zero attached hydrogens (tertiary/aromatic N) is 1. The van der Waals surface area contributed by atoms with Crippen molar-refractivity contribution in [3.63, 3.8) is 0 Å². The lowest BCUT2D eigenvalue weighted by molar-refractivity contribution is -0.116. The summed E-state index contributed by atoms with van der Waals surface area (Å²) in [6.45, 7) is 2.35. The highest BCUT2D eigenvalue weighted by Gasteiger charge is 2.05. The van der Waals surface area contributed by atoms with Gasteiger partial charge in [-0.1, -0.05) is 0 Å². The molecule has 0 aliphatic carbocycles. The summed E-state index contributed by atoms with van der Waals surface area (Å²) in [4.78, 5) is 14.1. The van der Waals surface area contributed by atoms with Crippen molar-refractivity contribution >= 4 is 44.5 Å². The molecule has 0 radical (unpaired) electrons. The molecule has 0 unspecified atom stereocenters. The van der Waals surface area contributed by atoms with E-state index in [-0.39, 0.29) is 5.91 Å². The smallest absolute Gasteiger partial charge is 0.223 e. The molecule has 0 aliphatic heterocycles. The van der Waals surface area contributed by atoms with Gasteiger partial charge in [0.05, 0.1) is 6.54 Å². The molecule has 2 aromatic rings. The van der Waals surface area contributed by atoms with E-state index >= 15 is 0 Å². The first-order valence-corrected chi connectivity index (χ1v) is 7.55. The summed E-state index contributed by atoms with van der Waals surface area (Å²) >= 11 is 5.23. The van der Waals surface area contributed by atoms with E-state index in [1.54, 1.807) is 30.2 Å². The van der Waals surface area contributed by atoms with Gasteiger partial charge in [0.25, 0.3) is 0 Å². The third-order valence-electron chi connectivity index (χ3n) is 2.87. The SMILES string of the molecule is CC(=O)N(C)c1ccc(NCc2sccc2Br)cc1. The van der Waals surface area contributed by atoms with E-state index in [9.17, 15) is 4.79 Å². The van der Waals surface area contributed by atoms with Crippen LogP contribution in [-0.2, 0) is 11.3 Å². The van der Waals surface area contributed by atoms with Crippen molar-refractivity contribution in [3.8, 4) is 0 Å². The second-order valence-corrected chi connectivity index (χ2v) is 6.03. The Labute approximate surface area is 125 Å². The van der Waals surface area contributed by atoms with Crippen molar-refractivity contribution in [2.24, 2.45) is 0 Å². The third-order valence-corrected chi connectivity index (χ3v) is 4.80. The van der Waals surface area contributed by atoms with Gasteiger partial charge >= 0.3 is 0 Å². The first kappa shape index (κ1) is 14.1. The molecule has 100 valence electrons. The molecule has 0 aliphatic rings. The summed E-state index contributed by atoms with van der Waals surface area (Å²) in [5.41, 5.74) is 1.94. The summed E-state index contributed by atoms with van der Waals surface area (Å²) < 4.78 is 1.14. The van der Waals surface area contributed by atoms with Gasteiger partial charge in [0, 0.05) is 34.7 Å². The monoisotopic (exact) mass is 338 g/mol. The van der Waals surface area contributed by atoms with Crippen molar-refractivity contribution in [1.29, 1.82) is 0 Å². The standard InChI is InChI=1S/C14H15BrN2OS/c1-10(18)17(2)12-5-3-11(4-6-12)16-9-14-13(15)7-8-19-14/h3-8,16H,9H2,1-2H3. The second kappa shape index (κ2) is 6.21. The molecule has 1 N–H and O–H groups in total. The van der Waals surface area contributed by atoms with Crippen LogP contribution in [0.4, 0.5) is 11.4 Å². The Morgan fingerprint density at radius 2 is 2.00 bits per heavy atom. The van der Waals surface area contributed by atoms with Crippen LogP contribution in [0.15, 0.2) is 40.2 Å². The maximum absolute atomic E-state index is 11.3. The summed E-state index contributed by atoms with van der Waals surface area (Å²) in [6.07, 6.45) is 0. The summed E-state index contributed by atoms with van der Waals surface area (Å²) in [6, 6.07) is 9.89. The first-order chi connectivity index (χ1) is 9.08. The molecule has 2 rings (SSSR count). The summed E-state index contributed by atoms with van der Waals surface area (Å²) in [5, 5.41) is 5.42. The second-order valence-electron chi connectivity index (χ2n) is 4.17. The highest BCUT2D eigenvalue weighted by atomic mass is 79.9. The number of hydrogen-bond acceptors (Lipinski definition) is 3. The van der Waals surface area contributed by atoms with E-state index in [0.717, 1.165) is 22.4 Å². The molecular weight excluding hydrogens is 324 g/mol. The van der Waals surface area contributed by atoms with Gasteiger partial charge in [0.15, 0.2) is 0 Å². The summed E-state index contributed by atoms with van der Waals surface area (Å²) in [7, 11) is 1.77. The highest BCUT2D eigenvalue weighted by Crippen LogP contribution is 2.24. The zero-order valence-electron chi connectivity index (χ0n) is 10.8. The van der Waals surface area contributed by atoms with Gasteiger partial charge in [-0.05, 0) is 51.6 Å². The van der Waals surface area contributed by atoms with Crippen LogP contribution in [0, 0.1) is 0 Å². The molecule has 1 aromatic heterocycles. The van der Waals surface area contributed by atoms with Gasteiger partial charge in [-0.2, -0.15) is 0 Å². The minimum atomic E-state index is 0.0308. The average Bonchev–Trinajstić information content (AvgIpc) is 2.81. The molecule has 1 aromatic carbocycles. The van der Waals surface area contributed by atoms with E-state index in [1.165, 1.54) is 4.88 Å². The lowest BCUT2D eigenvalue weighted by Gasteiger charge is -2.15. The summed E-state index contributed by atoms with van der Waals surface area (Å²) in [5.74, 6) is 0.0308. The van der Waals surface area contributed by atoms with E-state index in [4.69, 9.17) is 0 Å². The largest absolute Gasteiger partial charge is 0.380 e. The van der Waals surface area contributed by atoms with Gasteiger partial charge in [0.1, 0.15) is 0 Å². The molecule has 3 nitrogen and oxygen atoms in total. The molecule has 0 bridgehead atoms. The van der Waals surface area contributed by atoms with E-state index in [0.29, 0.717) is 0 Å². The fourth-order valence-electron chi connectivity index (χ4n) is 1.62. The van der Waals surface area contributed by atoms with Crippen molar-refractivity contribution in [2.45, 2.75) is 13.5 Å². The van der Waals surface area contributed by atoms with Crippen LogP contribution in [0.25, 0.3) is 0 Å². The third kappa shape index (κ3) is 3.58. The number of anilines is 2. The van der Waals surface area contributed by atoms with Gasteiger partial charge in [-0.3, -0.25) is 4.79 Å². The quantitative estimate of drug-likeness (QED) is 0.909. The number of carbonyl (C=O) groups is 1. The zero-order chi connectivity index (χ0) is 13.8. The predicted molar refractivity (Wildman–Crippen MR) is 84.9 cm³/mol. The van der Waals surface area contributed by atoms with Crippen LogP contribution in [0.3, 0.4) is 0 Å². The van der Waals surface area contributed by atoms with Gasteiger partial charge < -0.3 is 10.2 Å². The fourth-order valence-corrected chi connectivity index (χ4v) is 3.05. The van der Waals surface area contributed by atoms with E-state index < -0.39 is 0 Å². The van der Waals surface area contributed by atoms with E-state index in [2.05, 4.69) is 26.6 Å². The van der Waals surface area contributed by atoms with Gasteiger partial charge in [-0.15, -0.1) is 11.3 Å². The van der Waals surface area contributed by atoms with Crippen LogP contribution in [0.2, 0.25) is 0 Å².